The van der Waals surface area contributed by atoms with Gasteiger partial charge in [-0.25, -0.2) is 0 Å². The van der Waals surface area contributed by atoms with Crippen LogP contribution < -0.4 is 5.32 Å². The molecule has 0 amide bonds. The summed E-state index contributed by atoms with van der Waals surface area (Å²) in [6.07, 6.45) is 4.81. The molecular weight excluding hydrogens is 250 g/mol. The number of aliphatic hydroxyl groups is 1. The number of aliphatic hydroxyl groups excluding tert-OH is 1. The lowest BCUT2D eigenvalue weighted by Gasteiger charge is -2.39. The van der Waals surface area contributed by atoms with Crippen LogP contribution in [0.1, 0.15) is 46.5 Å². The Labute approximate surface area is 124 Å². The van der Waals surface area contributed by atoms with Gasteiger partial charge in [0.25, 0.3) is 0 Å². The summed E-state index contributed by atoms with van der Waals surface area (Å²) in [6, 6.07) is 1.76. The lowest BCUT2D eigenvalue weighted by Crippen LogP contribution is -2.53. The van der Waals surface area contributed by atoms with E-state index in [1.165, 1.54) is 32.4 Å². The van der Waals surface area contributed by atoms with Crippen LogP contribution in [0, 0.1) is 0 Å². The third-order valence-corrected chi connectivity index (χ3v) is 4.89. The number of rotatable bonds is 6. The van der Waals surface area contributed by atoms with Crippen molar-refractivity contribution in [2.45, 2.75) is 70.1 Å². The second-order valence-electron chi connectivity index (χ2n) is 7.39. The third-order valence-electron chi connectivity index (χ3n) is 4.89. The summed E-state index contributed by atoms with van der Waals surface area (Å²) in [4.78, 5) is 5.07. The van der Waals surface area contributed by atoms with Gasteiger partial charge in [0.2, 0.25) is 0 Å². The van der Waals surface area contributed by atoms with Crippen molar-refractivity contribution >= 4 is 0 Å². The van der Waals surface area contributed by atoms with Gasteiger partial charge in [-0.1, -0.05) is 0 Å². The van der Waals surface area contributed by atoms with E-state index >= 15 is 0 Å². The van der Waals surface area contributed by atoms with Crippen molar-refractivity contribution in [3.8, 4) is 0 Å². The first-order chi connectivity index (χ1) is 9.43. The normalized spacial score (nSPS) is 30.8. The van der Waals surface area contributed by atoms with E-state index in [1.807, 2.05) is 0 Å². The Morgan fingerprint density at radius 2 is 2.05 bits per heavy atom. The molecule has 4 nitrogen and oxygen atoms in total. The number of likely N-dealkylation sites (N-methyl/N-ethyl adjacent to an activating group) is 1. The number of hydrogen-bond acceptors (Lipinski definition) is 4. The van der Waals surface area contributed by atoms with Crippen LogP contribution in [0.2, 0.25) is 0 Å². The van der Waals surface area contributed by atoms with Crippen molar-refractivity contribution in [2.75, 3.05) is 33.3 Å². The Balaban J connectivity index is 1.92. The van der Waals surface area contributed by atoms with Crippen LogP contribution in [-0.4, -0.2) is 71.9 Å². The zero-order valence-electron chi connectivity index (χ0n) is 13.7. The van der Waals surface area contributed by atoms with Crippen molar-refractivity contribution in [3.63, 3.8) is 0 Å². The number of nitrogens with one attached hydrogen (secondary N) is 1. The van der Waals surface area contributed by atoms with E-state index in [-0.39, 0.29) is 12.1 Å². The Bertz CT molecular complexity index is 308. The Morgan fingerprint density at radius 3 is 2.65 bits per heavy atom. The van der Waals surface area contributed by atoms with E-state index in [4.69, 9.17) is 0 Å². The molecule has 0 aromatic rings. The molecule has 1 aliphatic heterocycles. The zero-order valence-corrected chi connectivity index (χ0v) is 13.7. The van der Waals surface area contributed by atoms with Gasteiger partial charge in [0.1, 0.15) is 0 Å². The Kier molecular flexibility index (Phi) is 5.46. The van der Waals surface area contributed by atoms with Crippen LogP contribution in [0.4, 0.5) is 0 Å². The maximum atomic E-state index is 9.78. The molecule has 3 unspecified atom stereocenters. The zero-order chi connectivity index (χ0) is 14.8. The molecule has 1 saturated carbocycles. The van der Waals surface area contributed by atoms with Crippen molar-refractivity contribution in [1.82, 2.24) is 15.1 Å². The molecule has 2 fully saturated rings. The lowest BCUT2D eigenvalue weighted by molar-refractivity contribution is 0.0921. The average molecular weight is 283 g/mol. The average Bonchev–Trinajstić information content (AvgIpc) is 3.18. The molecule has 3 atom stereocenters. The summed E-state index contributed by atoms with van der Waals surface area (Å²) in [6.45, 7) is 10.6. The molecule has 0 aromatic carbocycles. The quantitative estimate of drug-likeness (QED) is 0.770. The molecular formula is C16H33N3O. The second-order valence-corrected chi connectivity index (χ2v) is 7.39. The van der Waals surface area contributed by atoms with Crippen molar-refractivity contribution < 1.29 is 5.11 Å². The van der Waals surface area contributed by atoms with E-state index in [0.29, 0.717) is 18.1 Å². The van der Waals surface area contributed by atoms with Gasteiger partial charge in [0.05, 0.1) is 6.61 Å². The molecule has 2 rings (SSSR count). The van der Waals surface area contributed by atoms with E-state index in [0.717, 1.165) is 13.0 Å². The maximum Gasteiger partial charge on any atom is 0.0611 e. The van der Waals surface area contributed by atoms with Gasteiger partial charge in [-0.15, -0.1) is 0 Å². The highest BCUT2D eigenvalue weighted by Gasteiger charge is 2.35. The minimum Gasteiger partial charge on any atom is -0.394 e. The number of nitrogens with zero attached hydrogens (tertiary/aromatic N) is 2. The highest BCUT2D eigenvalue weighted by molar-refractivity contribution is 4.95. The molecule has 118 valence electrons. The van der Waals surface area contributed by atoms with Crippen LogP contribution in [0.3, 0.4) is 0 Å². The Hall–Kier alpha value is -0.160. The maximum absolute atomic E-state index is 9.78. The van der Waals surface area contributed by atoms with Crippen LogP contribution in [-0.2, 0) is 0 Å². The monoisotopic (exact) mass is 283 g/mol. The highest BCUT2D eigenvalue weighted by atomic mass is 16.3. The first-order valence-corrected chi connectivity index (χ1v) is 8.26. The minimum atomic E-state index is -0.126. The van der Waals surface area contributed by atoms with Crippen LogP contribution in [0.15, 0.2) is 0 Å². The van der Waals surface area contributed by atoms with E-state index in [1.54, 1.807) is 0 Å². The van der Waals surface area contributed by atoms with Crippen molar-refractivity contribution in [3.05, 3.63) is 0 Å². The molecule has 20 heavy (non-hydrogen) atoms. The standard InChI is InChI=1S/C16H33N3O/c1-13(10-16(3,12-20)17-15-6-7-15)19-9-5-8-18(4)11-14(19)2/h13-15,17,20H,5-12H2,1-4H3. The van der Waals surface area contributed by atoms with Gasteiger partial charge < -0.3 is 15.3 Å². The summed E-state index contributed by atoms with van der Waals surface area (Å²) in [5.41, 5.74) is -0.126. The predicted octanol–water partition coefficient (Wildman–Crippen LogP) is 1.29. The molecule has 1 aliphatic carbocycles. The van der Waals surface area contributed by atoms with Gasteiger partial charge in [0.15, 0.2) is 0 Å². The van der Waals surface area contributed by atoms with Gasteiger partial charge in [0, 0.05) is 30.2 Å². The fourth-order valence-electron chi connectivity index (χ4n) is 3.70. The first kappa shape index (κ1) is 16.2. The first-order valence-electron chi connectivity index (χ1n) is 8.26. The molecule has 0 radical (unpaired) electrons. The van der Waals surface area contributed by atoms with Crippen LogP contribution >= 0.6 is 0 Å². The van der Waals surface area contributed by atoms with Crippen molar-refractivity contribution in [1.29, 1.82) is 0 Å². The summed E-state index contributed by atoms with van der Waals surface area (Å²) in [5, 5.41) is 13.4. The fraction of sp³-hybridized carbons (Fsp3) is 1.00. The number of hydrogen-bond donors (Lipinski definition) is 2. The van der Waals surface area contributed by atoms with E-state index < -0.39 is 0 Å². The van der Waals surface area contributed by atoms with E-state index in [2.05, 4.69) is 42.9 Å². The molecule has 1 saturated heterocycles. The summed E-state index contributed by atoms with van der Waals surface area (Å²) in [5.74, 6) is 0. The Morgan fingerprint density at radius 1 is 1.35 bits per heavy atom. The van der Waals surface area contributed by atoms with Crippen molar-refractivity contribution in [2.24, 2.45) is 0 Å². The van der Waals surface area contributed by atoms with Gasteiger partial charge in [-0.3, -0.25) is 4.90 Å². The predicted molar refractivity (Wildman–Crippen MR) is 84.0 cm³/mol. The van der Waals surface area contributed by atoms with Gasteiger partial charge >= 0.3 is 0 Å². The molecule has 0 spiro atoms. The van der Waals surface area contributed by atoms with Gasteiger partial charge in [-0.2, -0.15) is 0 Å². The summed E-state index contributed by atoms with van der Waals surface area (Å²) >= 11 is 0. The molecule has 2 aliphatic rings. The minimum absolute atomic E-state index is 0.126. The van der Waals surface area contributed by atoms with Crippen LogP contribution in [0.5, 0.6) is 0 Å². The smallest absolute Gasteiger partial charge is 0.0611 e. The molecule has 2 N–H and O–H groups in total. The third kappa shape index (κ3) is 4.42. The molecule has 0 bridgehead atoms. The second kappa shape index (κ2) is 6.73. The molecule has 4 heteroatoms. The summed E-state index contributed by atoms with van der Waals surface area (Å²) < 4.78 is 0. The molecule has 0 aromatic heterocycles. The van der Waals surface area contributed by atoms with Gasteiger partial charge in [-0.05, 0) is 66.6 Å². The van der Waals surface area contributed by atoms with E-state index in [9.17, 15) is 5.11 Å². The fourth-order valence-corrected chi connectivity index (χ4v) is 3.70. The highest BCUT2D eigenvalue weighted by Crippen LogP contribution is 2.26. The summed E-state index contributed by atoms with van der Waals surface area (Å²) in [7, 11) is 2.22. The topological polar surface area (TPSA) is 38.7 Å². The molecule has 1 heterocycles. The lowest BCUT2D eigenvalue weighted by atomic mass is 9.92. The van der Waals surface area contributed by atoms with Crippen LogP contribution in [0.25, 0.3) is 0 Å². The largest absolute Gasteiger partial charge is 0.394 e. The SMILES string of the molecule is CC1CN(C)CCCN1C(C)CC(C)(CO)NC1CC1.